The fourth-order valence-electron chi connectivity index (χ4n) is 1.88. The largest absolute Gasteiger partial charge is 0.480 e. The van der Waals surface area contributed by atoms with Gasteiger partial charge in [-0.15, -0.1) is 0 Å². The highest BCUT2D eigenvalue weighted by Gasteiger charge is 2.51. The van der Waals surface area contributed by atoms with Crippen LogP contribution in [0.25, 0.3) is 0 Å². The number of carboxylic acid groups (broad SMARTS) is 1. The van der Waals surface area contributed by atoms with E-state index in [4.69, 9.17) is 5.11 Å². The van der Waals surface area contributed by atoms with Crippen LogP contribution in [0.3, 0.4) is 0 Å². The summed E-state index contributed by atoms with van der Waals surface area (Å²) in [6.45, 7) is 1.70. The Morgan fingerprint density at radius 3 is 2.38 bits per heavy atom. The van der Waals surface area contributed by atoms with Crippen LogP contribution in [0.1, 0.15) is 28.8 Å². The minimum absolute atomic E-state index is 0.208. The van der Waals surface area contributed by atoms with Gasteiger partial charge in [0, 0.05) is 5.56 Å². The minimum Gasteiger partial charge on any atom is -0.480 e. The second-order valence-corrected chi connectivity index (χ2v) is 6.99. The molecule has 21 heavy (non-hydrogen) atoms. The zero-order valence-corrected chi connectivity index (χ0v) is 12.5. The van der Waals surface area contributed by atoms with Gasteiger partial charge in [0.05, 0.1) is 11.9 Å². The number of benzene rings is 1. The first-order valence-electron chi connectivity index (χ1n) is 6.27. The maximum Gasteiger partial charge on any atom is 0.329 e. The van der Waals surface area contributed by atoms with Gasteiger partial charge in [-0.25, -0.2) is 13.2 Å². The molecule has 0 heterocycles. The van der Waals surface area contributed by atoms with Crippen LogP contribution in [-0.4, -0.2) is 37.2 Å². The van der Waals surface area contributed by atoms with E-state index in [9.17, 15) is 18.0 Å². The molecule has 0 radical (unpaired) electrons. The van der Waals surface area contributed by atoms with E-state index >= 15 is 0 Å². The number of aliphatic carboxylic acids is 1. The lowest BCUT2D eigenvalue weighted by molar-refractivity contribution is -0.140. The third-order valence-electron chi connectivity index (χ3n) is 3.31. The number of carbonyl (C=O) groups excluding carboxylic acids is 1. The summed E-state index contributed by atoms with van der Waals surface area (Å²) in [6.07, 6.45) is 1.81. The first kappa shape index (κ1) is 15.3. The smallest absolute Gasteiger partial charge is 0.329 e. The van der Waals surface area contributed by atoms with Crippen LogP contribution in [0.15, 0.2) is 18.2 Å². The third-order valence-corrected chi connectivity index (χ3v) is 3.90. The van der Waals surface area contributed by atoms with Crippen LogP contribution in [0, 0.1) is 6.92 Å². The van der Waals surface area contributed by atoms with Crippen LogP contribution in [0.5, 0.6) is 0 Å². The molecule has 3 N–H and O–H groups in total. The van der Waals surface area contributed by atoms with E-state index in [-0.39, 0.29) is 5.56 Å². The summed E-state index contributed by atoms with van der Waals surface area (Å²) in [6, 6.07) is 4.52. The number of sulfonamides is 1. The van der Waals surface area contributed by atoms with Crippen LogP contribution in [0.4, 0.5) is 5.69 Å². The molecule has 1 aromatic carbocycles. The van der Waals surface area contributed by atoms with Gasteiger partial charge < -0.3 is 10.4 Å². The van der Waals surface area contributed by atoms with Crippen molar-refractivity contribution in [2.45, 2.75) is 25.3 Å². The lowest BCUT2D eigenvalue weighted by atomic mass is 10.1. The van der Waals surface area contributed by atoms with Crippen molar-refractivity contribution in [3.63, 3.8) is 0 Å². The molecule has 1 aliphatic carbocycles. The molecule has 1 aliphatic rings. The Morgan fingerprint density at radius 1 is 1.29 bits per heavy atom. The molecule has 0 aromatic heterocycles. The van der Waals surface area contributed by atoms with E-state index < -0.39 is 27.4 Å². The summed E-state index contributed by atoms with van der Waals surface area (Å²) in [5, 5.41) is 11.5. The van der Waals surface area contributed by atoms with Crippen molar-refractivity contribution < 1.29 is 23.1 Å². The first-order valence-corrected chi connectivity index (χ1v) is 8.16. The Balaban J connectivity index is 2.23. The number of aryl methyl sites for hydroxylation is 1. The predicted octanol–water partition coefficient (Wildman–Crippen LogP) is 0.714. The summed E-state index contributed by atoms with van der Waals surface area (Å²) < 4.78 is 24.9. The summed E-state index contributed by atoms with van der Waals surface area (Å²) in [5.41, 5.74) is -0.00667. The summed E-state index contributed by atoms with van der Waals surface area (Å²) in [5.74, 6) is -1.59. The molecule has 1 aromatic rings. The number of carboxylic acids is 1. The molecule has 2 rings (SSSR count). The zero-order valence-electron chi connectivity index (χ0n) is 11.6. The van der Waals surface area contributed by atoms with Gasteiger partial charge in [-0.2, -0.15) is 0 Å². The van der Waals surface area contributed by atoms with E-state index in [0.29, 0.717) is 24.1 Å². The van der Waals surface area contributed by atoms with Crippen LogP contribution < -0.4 is 10.0 Å². The molecule has 1 saturated carbocycles. The highest BCUT2D eigenvalue weighted by Crippen LogP contribution is 2.35. The molecule has 0 atom stereocenters. The minimum atomic E-state index is -3.45. The highest BCUT2D eigenvalue weighted by atomic mass is 32.2. The topological polar surface area (TPSA) is 113 Å². The van der Waals surface area contributed by atoms with Gasteiger partial charge in [0.15, 0.2) is 0 Å². The first-order chi connectivity index (χ1) is 9.63. The van der Waals surface area contributed by atoms with Gasteiger partial charge in [0.1, 0.15) is 5.54 Å². The molecule has 1 fully saturated rings. The predicted molar refractivity (Wildman–Crippen MR) is 76.7 cm³/mol. The molecule has 0 bridgehead atoms. The molecule has 0 unspecified atom stereocenters. The van der Waals surface area contributed by atoms with Gasteiger partial charge in [0.2, 0.25) is 10.0 Å². The molecular formula is C13H16N2O5S. The fourth-order valence-corrected chi connectivity index (χ4v) is 2.50. The molecule has 114 valence electrons. The van der Waals surface area contributed by atoms with Crippen molar-refractivity contribution in [1.82, 2.24) is 5.32 Å². The van der Waals surface area contributed by atoms with Crippen LogP contribution in [-0.2, 0) is 14.8 Å². The second-order valence-electron chi connectivity index (χ2n) is 5.25. The van der Waals surface area contributed by atoms with Gasteiger partial charge in [-0.05, 0) is 37.5 Å². The van der Waals surface area contributed by atoms with Crippen molar-refractivity contribution in [2.24, 2.45) is 0 Å². The average Bonchev–Trinajstić information content (AvgIpc) is 3.11. The zero-order chi connectivity index (χ0) is 15.8. The lowest BCUT2D eigenvalue weighted by Crippen LogP contribution is -2.43. The fraction of sp³-hybridized carbons (Fsp3) is 0.385. The molecule has 1 amide bonds. The SMILES string of the molecule is Cc1ccc(C(=O)NC2(C(=O)O)CC2)cc1NS(C)(=O)=O. The summed E-state index contributed by atoms with van der Waals surface area (Å²) in [4.78, 5) is 23.1. The number of nitrogens with one attached hydrogen (secondary N) is 2. The van der Waals surface area contributed by atoms with Gasteiger partial charge in [-0.3, -0.25) is 9.52 Å². The van der Waals surface area contributed by atoms with E-state index in [1.165, 1.54) is 12.1 Å². The van der Waals surface area contributed by atoms with Gasteiger partial charge >= 0.3 is 5.97 Å². The van der Waals surface area contributed by atoms with E-state index in [0.717, 1.165) is 6.26 Å². The molecular weight excluding hydrogens is 296 g/mol. The Hall–Kier alpha value is -2.09. The number of hydrogen-bond acceptors (Lipinski definition) is 4. The molecule has 8 heteroatoms. The van der Waals surface area contributed by atoms with Crippen molar-refractivity contribution in [2.75, 3.05) is 11.0 Å². The number of rotatable bonds is 5. The van der Waals surface area contributed by atoms with Crippen molar-refractivity contribution in [3.8, 4) is 0 Å². The Bertz CT molecular complexity index is 707. The molecule has 0 aliphatic heterocycles. The van der Waals surface area contributed by atoms with E-state index in [1.54, 1.807) is 13.0 Å². The van der Waals surface area contributed by atoms with Crippen LogP contribution in [0.2, 0.25) is 0 Å². The van der Waals surface area contributed by atoms with Crippen molar-refractivity contribution >= 4 is 27.6 Å². The van der Waals surface area contributed by atoms with Gasteiger partial charge in [-0.1, -0.05) is 6.07 Å². The lowest BCUT2D eigenvalue weighted by Gasteiger charge is -2.14. The normalized spacial score (nSPS) is 16.1. The standard InChI is InChI=1S/C13H16N2O5S/c1-8-3-4-9(7-10(8)15-21(2,19)20)11(16)14-13(5-6-13)12(17)18/h3-4,7,15H,5-6H2,1-2H3,(H,14,16)(H,17,18). The van der Waals surface area contributed by atoms with Gasteiger partial charge in [0.25, 0.3) is 5.91 Å². The Labute approximate surface area is 122 Å². The summed E-state index contributed by atoms with van der Waals surface area (Å²) >= 11 is 0. The Morgan fingerprint density at radius 2 is 1.90 bits per heavy atom. The maximum atomic E-state index is 12.1. The van der Waals surface area contributed by atoms with Crippen LogP contribution >= 0.6 is 0 Å². The molecule has 0 saturated heterocycles. The maximum absolute atomic E-state index is 12.1. The highest BCUT2D eigenvalue weighted by molar-refractivity contribution is 7.92. The van der Waals surface area contributed by atoms with Crippen molar-refractivity contribution in [1.29, 1.82) is 0 Å². The monoisotopic (exact) mass is 312 g/mol. The average molecular weight is 312 g/mol. The van der Waals surface area contributed by atoms with E-state index in [2.05, 4.69) is 10.0 Å². The number of anilines is 1. The Kier molecular flexibility index (Phi) is 3.66. The quantitative estimate of drug-likeness (QED) is 0.741. The molecule has 7 nitrogen and oxygen atoms in total. The second kappa shape index (κ2) is 5.03. The number of carbonyl (C=O) groups is 2. The molecule has 0 spiro atoms. The number of hydrogen-bond donors (Lipinski definition) is 3. The van der Waals surface area contributed by atoms with E-state index in [1.807, 2.05) is 0 Å². The number of amides is 1. The summed E-state index contributed by atoms with van der Waals surface area (Å²) in [7, 11) is -3.45. The van der Waals surface area contributed by atoms with Crippen molar-refractivity contribution in [3.05, 3.63) is 29.3 Å². The third kappa shape index (κ3) is 3.52.